The van der Waals surface area contributed by atoms with Gasteiger partial charge in [0.15, 0.2) is 0 Å². The summed E-state index contributed by atoms with van der Waals surface area (Å²) in [5.74, 6) is 0. The highest BCUT2D eigenvalue weighted by Crippen LogP contribution is 2.23. The first-order valence-electron chi connectivity index (χ1n) is 7.11. The summed E-state index contributed by atoms with van der Waals surface area (Å²) >= 11 is 1.65. The zero-order chi connectivity index (χ0) is 15.2. The van der Waals surface area contributed by atoms with Gasteiger partial charge in [0.05, 0.1) is 12.3 Å². The van der Waals surface area contributed by atoms with E-state index in [9.17, 15) is 5.11 Å². The second-order valence-electron chi connectivity index (χ2n) is 4.88. The molecule has 0 bridgehead atoms. The lowest BCUT2D eigenvalue weighted by atomic mass is 10.1. The average molecular weight is 311 g/mol. The molecule has 2 heterocycles. The first-order valence-corrected chi connectivity index (χ1v) is 7.93. The second-order valence-corrected chi connectivity index (χ2v) is 5.99. The van der Waals surface area contributed by atoms with E-state index in [0.717, 1.165) is 34.9 Å². The topological polar surface area (TPSA) is 58.0 Å². The van der Waals surface area contributed by atoms with Crippen molar-refractivity contribution in [2.45, 2.75) is 19.7 Å². The number of pyridine rings is 1. The highest BCUT2D eigenvalue weighted by Gasteiger charge is 2.06. The first kappa shape index (κ1) is 14.8. The van der Waals surface area contributed by atoms with Crippen LogP contribution >= 0.6 is 11.3 Å². The van der Waals surface area contributed by atoms with Crippen LogP contribution in [0.3, 0.4) is 0 Å². The minimum Gasteiger partial charge on any atom is -0.392 e. The van der Waals surface area contributed by atoms with Crippen LogP contribution in [-0.2, 0) is 19.7 Å². The second kappa shape index (κ2) is 7.26. The van der Waals surface area contributed by atoms with Crippen molar-refractivity contribution in [2.75, 3.05) is 0 Å². The first-order chi connectivity index (χ1) is 10.9. The van der Waals surface area contributed by atoms with Gasteiger partial charge in [-0.15, -0.1) is 11.3 Å². The van der Waals surface area contributed by atoms with E-state index < -0.39 is 0 Å². The zero-order valence-electron chi connectivity index (χ0n) is 12.1. The van der Waals surface area contributed by atoms with E-state index in [1.54, 1.807) is 17.5 Å². The summed E-state index contributed by atoms with van der Waals surface area (Å²) in [7, 11) is 0. The third kappa shape index (κ3) is 3.57. The van der Waals surface area contributed by atoms with Gasteiger partial charge in [0.25, 0.3) is 0 Å². The average Bonchev–Trinajstić information content (AvgIpc) is 3.05. The van der Waals surface area contributed by atoms with Crippen molar-refractivity contribution >= 4 is 11.3 Å². The molecule has 0 radical (unpaired) electrons. The van der Waals surface area contributed by atoms with Crippen LogP contribution in [0.2, 0.25) is 0 Å². The monoisotopic (exact) mass is 311 g/mol. The molecule has 0 aliphatic heterocycles. The molecule has 0 aliphatic rings. The number of aromatic nitrogens is 2. The quantitative estimate of drug-likeness (QED) is 0.735. The van der Waals surface area contributed by atoms with Crippen molar-refractivity contribution < 1.29 is 5.11 Å². The van der Waals surface area contributed by atoms with Crippen molar-refractivity contribution in [2.24, 2.45) is 0 Å². The third-order valence-electron chi connectivity index (χ3n) is 3.34. The van der Waals surface area contributed by atoms with Gasteiger partial charge in [-0.3, -0.25) is 4.98 Å². The molecule has 5 heteroatoms. The molecule has 0 atom stereocenters. The van der Waals surface area contributed by atoms with Crippen molar-refractivity contribution in [1.82, 2.24) is 15.3 Å². The summed E-state index contributed by atoms with van der Waals surface area (Å²) in [5, 5.41) is 13.7. The van der Waals surface area contributed by atoms with Gasteiger partial charge in [-0.1, -0.05) is 30.3 Å². The summed E-state index contributed by atoms with van der Waals surface area (Å²) in [5.41, 5.74) is 3.00. The fourth-order valence-corrected chi connectivity index (χ4v) is 3.06. The molecule has 3 aromatic rings. The smallest absolute Gasteiger partial charge is 0.142 e. The highest BCUT2D eigenvalue weighted by atomic mass is 32.1. The molecule has 0 amide bonds. The Labute approximate surface area is 133 Å². The lowest BCUT2D eigenvalue weighted by Gasteiger charge is -2.07. The fraction of sp³-hybridized carbons (Fsp3) is 0.176. The number of nitrogens with zero attached hydrogens (tertiary/aromatic N) is 2. The Morgan fingerprint density at radius 3 is 2.55 bits per heavy atom. The van der Waals surface area contributed by atoms with Crippen LogP contribution in [0.15, 0.2) is 54.9 Å². The van der Waals surface area contributed by atoms with Gasteiger partial charge < -0.3 is 10.4 Å². The molecule has 0 unspecified atom stereocenters. The largest absolute Gasteiger partial charge is 0.392 e. The van der Waals surface area contributed by atoms with Crippen LogP contribution in [0, 0.1) is 0 Å². The van der Waals surface area contributed by atoms with Crippen molar-refractivity contribution in [1.29, 1.82) is 0 Å². The van der Waals surface area contributed by atoms with Gasteiger partial charge in [-0.2, -0.15) is 0 Å². The normalized spacial score (nSPS) is 10.8. The number of rotatable bonds is 6. The molecule has 2 N–H and O–H groups in total. The van der Waals surface area contributed by atoms with Crippen molar-refractivity contribution in [3.8, 4) is 10.7 Å². The van der Waals surface area contributed by atoms with Gasteiger partial charge in [0.1, 0.15) is 5.01 Å². The molecule has 2 aromatic heterocycles. The number of aliphatic hydroxyl groups is 1. The standard InChI is InChI=1S/C17H17N3OS/c21-12-14-6-2-1-5-13(14)9-18-10-15-11-20-17(22-15)16-7-3-4-8-19-16/h1-8,11,18,21H,9-10,12H2. The van der Waals surface area contributed by atoms with E-state index >= 15 is 0 Å². The number of hydrogen-bond acceptors (Lipinski definition) is 5. The van der Waals surface area contributed by atoms with Crippen LogP contribution < -0.4 is 5.32 Å². The Bertz CT molecular complexity index is 728. The van der Waals surface area contributed by atoms with Gasteiger partial charge >= 0.3 is 0 Å². The summed E-state index contributed by atoms with van der Waals surface area (Å²) in [6.45, 7) is 1.56. The summed E-state index contributed by atoms with van der Waals surface area (Å²) < 4.78 is 0. The Balaban J connectivity index is 1.60. The Kier molecular flexibility index (Phi) is 4.90. The minimum absolute atomic E-state index is 0.0717. The zero-order valence-corrected chi connectivity index (χ0v) is 12.9. The summed E-state index contributed by atoms with van der Waals surface area (Å²) in [4.78, 5) is 9.90. The number of benzene rings is 1. The van der Waals surface area contributed by atoms with E-state index in [4.69, 9.17) is 0 Å². The molecule has 0 aliphatic carbocycles. The van der Waals surface area contributed by atoms with Gasteiger partial charge in [-0.25, -0.2) is 4.98 Å². The summed E-state index contributed by atoms with van der Waals surface area (Å²) in [6, 6.07) is 13.7. The minimum atomic E-state index is 0.0717. The molecule has 4 nitrogen and oxygen atoms in total. The molecular formula is C17H17N3OS. The molecule has 3 rings (SSSR count). The van der Waals surface area contributed by atoms with E-state index in [-0.39, 0.29) is 6.61 Å². The van der Waals surface area contributed by atoms with Crippen LogP contribution in [0.1, 0.15) is 16.0 Å². The number of nitrogens with one attached hydrogen (secondary N) is 1. The van der Waals surface area contributed by atoms with Gasteiger partial charge in [-0.05, 0) is 23.3 Å². The maximum absolute atomic E-state index is 9.32. The van der Waals surface area contributed by atoms with E-state index in [0.29, 0.717) is 0 Å². The van der Waals surface area contributed by atoms with Gasteiger partial charge in [0, 0.05) is 30.4 Å². The molecule has 0 fully saturated rings. The van der Waals surface area contributed by atoms with E-state index in [1.807, 2.05) is 48.7 Å². The third-order valence-corrected chi connectivity index (χ3v) is 4.36. The fourth-order valence-electron chi connectivity index (χ4n) is 2.20. The predicted octanol–water partition coefficient (Wildman–Crippen LogP) is 2.99. The highest BCUT2D eigenvalue weighted by molar-refractivity contribution is 7.14. The van der Waals surface area contributed by atoms with Crippen LogP contribution in [0.4, 0.5) is 0 Å². The molecule has 22 heavy (non-hydrogen) atoms. The van der Waals surface area contributed by atoms with Crippen molar-refractivity contribution in [3.05, 3.63) is 70.9 Å². The number of thiazole rings is 1. The number of hydrogen-bond donors (Lipinski definition) is 2. The molecular weight excluding hydrogens is 294 g/mol. The lowest BCUT2D eigenvalue weighted by molar-refractivity contribution is 0.280. The van der Waals surface area contributed by atoms with Crippen LogP contribution in [-0.4, -0.2) is 15.1 Å². The SMILES string of the molecule is OCc1ccccc1CNCc1cnc(-c2ccccn2)s1. The lowest BCUT2D eigenvalue weighted by Crippen LogP contribution is -2.13. The van der Waals surface area contributed by atoms with Gasteiger partial charge in [0.2, 0.25) is 0 Å². The maximum Gasteiger partial charge on any atom is 0.142 e. The van der Waals surface area contributed by atoms with Crippen LogP contribution in [0.5, 0.6) is 0 Å². The Morgan fingerprint density at radius 2 is 1.77 bits per heavy atom. The van der Waals surface area contributed by atoms with Crippen molar-refractivity contribution in [3.63, 3.8) is 0 Å². The van der Waals surface area contributed by atoms with E-state index in [1.165, 1.54) is 4.88 Å². The molecule has 0 saturated heterocycles. The molecule has 0 saturated carbocycles. The molecule has 0 spiro atoms. The maximum atomic E-state index is 9.32. The Hall–Kier alpha value is -2.08. The predicted molar refractivity (Wildman–Crippen MR) is 88.3 cm³/mol. The molecule has 112 valence electrons. The summed E-state index contributed by atoms with van der Waals surface area (Å²) in [6.07, 6.45) is 3.67. The number of aliphatic hydroxyl groups excluding tert-OH is 1. The Morgan fingerprint density at radius 1 is 0.955 bits per heavy atom. The molecule has 1 aromatic carbocycles. The van der Waals surface area contributed by atoms with Crippen LogP contribution in [0.25, 0.3) is 10.7 Å². The van der Waals surface area contributed by atoms with E-state index in [2.05, 4.69) is 15.3 Å².